The normalized spacial score (nSPS) is 13.1. The summed E-state index contributed by atoms with van der Waals surface area (Å²) >= 11 is 5.82. The maximum Gasteiger partial charge on any atom is 0.242 e. The van der Waals surface area contributed by atoms with E-state index in [1.165, 1.54) is 36.4 Å². The number of aliphatic hydroxyl groups is 1. The average Bonchev–Trinajstić information content (AvgIpc) is 2.45. The van der Waals surface area contributed by atoms with Crippen molar-refractivity contribution >= 4 is 21.6 Å². The lowest BCUT2D eigenvalue weighted by molar-refractivity contribution is 0.177. The van der Waals surface area contributed by atoms with Gasteiger partial charge in [-0.15, -0.1) is 0 Å². The molecule has 0 spiro atoms. The van der Waals surface area contributed by atoms with E-state index >= 15 is 0 Å². The lowest BCUT2D eigenvalue weighted by atomic mass is 10.1. The molecule has 0 saturated heterocycles. The molecule has 1 unspecified atom stereocenters. The fourth-order valence-corrected chi connectivity index (χ4v) is 3.34. The molecule has 0 saturated carbocycles. The molecule has 0 aliphatic heterocycles. The molecule has 2 N–H and O–H groups in total. The van der Waals surface area contributed by atoms with Gasteiger partial charge in [0.15, 0.2) is 0 Å². The Labute approximate surface area is 127 Å². The molecule has 0 amide bonds. The van der Waals surface area contributed by atoms with Crippen LogP contribution in [0.1, 0.15) is 11.7 Å². The third kappa shape index (κ3) is 3.79. The minimum Gasteiger partial charge on any atom is -0.387 e. The summed E-state index contributed by atoms with van der Waals surface area (Å²) in [4.78, 5) is -0.0904. The first-order valence-corrected chi connectivity index (χ1v) is 7.94. The Bertz CT molecular complexity index is 737. The van der Waals surface area contributed by atoms with E-state index in [0.717, 1.165) is 0 Å². The Morgan fingerprint density at radius 1 is 1.14 bits per heavy atom. The SMILES string of the molecule is O=S(=O)(NCC(O)c1ccccc1F)c1ccccc1Cl. The summed E-state index contributed by atoms with van der Waals surface area (Å²) in [5.74, 6) is -0.595. The van der Waals surface area contributed by atoms with Crippen LogP contribution >= 0.6 is 11.6 Å². The highest BCUT2D eigenvalue weighted by molar-refractivity contribution is 7.89. The minimum atomic E-state index is -3.87. The molecule has 2 aromatic rings. The molecule has 0 heterocycles. The van der Waals surface area contributed by atoms with Gasteiger partial charge in [-0.1, -0.05) is 41.9 Å². The smallest absolute Gasteiger partial charge is 0.242 e. The van der Waals surface area contributed by atoms with Gasteiger partial charge in [0.05, 0.1) is 11.1 Å². The van der Waals surface area contributed by atoms with Crippen molar-refractivity contribution in [2.45, 2.75) is 11.0 Å². The zero-order valence-electron chi connectivity index (χ0n) is 10.8. The number of hydrogen-bond acceptors (Lipinski definition) is 3. The van der Waals surface area contributed by atoms with Gasteiger partial charge in [0.25, 0.3) is 0 Å². The lowest BCUT2D eigenvalue weighted by Gasteiger charge is -2.13. The number of benzene rings is 2. The van der Waals surface area contributed by atoms with Gasteiger partial charge in [-0.05, 0) is 18.2 Å². The highest BCUT2D eigenvalue weighted by atomic mass is 35.5. The Kier molecular flexibility index (Phi) is 4.95. The van der Waals surface area contributed by atoms with Crippen LogP contribution in [0.25, 0.3) is 0 Å². The highest BCUT2D eigenvalue weighted by Gasteiger charge is 2.20. The van der Waals surface area contributed by atoms with Crippen LogP contribution in [0.15, 0.2) is 53.4 Å². The first-order chi connectivity index (χ1) is 9.92. The van der Waals surface area contributed by atoms with E-state index in [2.05, 4.69) is 4.72 Å². The molecule has 4 nitrogen and oxygen atoms in total. The molecular formula is C14H13ClFNO3S. The van der Waals surface area contributed by atoms with Crippen molar-refractivity contribution in [2.75, 3.05) is 6.54 Å². The molecule has 0 aromatic heterocycles. The van der Waals surface area contributed by atoms with Crippen LogP contribution in [0.2, 0.25) is 5.02 Å². The van der Waals surface area contributed by atoms with Gasteiger partial charge in [-0.2, -0.15) is 0 Å². The molecule has 7 heteroatoms. The third-order valence-electron chi connectivity index (χ3n) is 2.86. The predicted octanol–water partition coefficient (Wildman–Crippen LogP) is 2.49. The van der Waals surface area contributed by atoms with Crippen molar-refractivity contribution < 1.29 is 17.9 Å². The van der Waals surface area contributed by atoms with Gasteiger partial charge in [0.1, 0.15) is 10.7 Å². The fourth-order valence-electron chi connectivity index (χ4n) is 1.78. The van der Waals surface area contributed by atoms with Crippen LogP contribution in [0.4, 0.5) is 4.39 Å². The van der Waals surface area contributed by atoms with Crippen molar-refractivity contribution in [1.29, 1.82) is 0 Å². The fraction of sp³-hybridized carbons (Fsp3) is 0.143. The molecular weight excluding hydrogens is 317 g/mol. The largest absolute Gasteiger partial charge is 0.387 e. The summed E-state index contributed by atoms with van der Waals surface area (Å²) in [6, 6.07) is 11.6. The second-order valence-electron chi connectivity index (χ2n) is 4.32. The van der Waals surface area contributed by atoms with E-state index in [1.54, 1.807) is 12.1 Å². The zero-order chi connectivity index (χ0) is 15.5. The third-order valence-corrected chi connectivity index (χ3v) is 4.78. The van der Waals surface area contributed by atoms with E-state index in [1.807, 2.05) is 0 Å². The first-order valence-electron chi connectivity index (χ1n) is 6.08. The number of rotatable bonds is 5. The van der Waals surface area contributed by atoms with E-state index < -0.39 is 21.9 Å². The molecule has 2 aromatic carbocycles. The van der Waals surface area contributed by atoms with E-state index in [9.17, 15) is 17.9 Å². The molecule has 112 valence electrons. The molecule has 21 heavy (non-hydrogen) atoms. The van der Waals surface area contributed by atoms with Crippen LogP contribution < -0.4 is 4.72 Å². The standard InChI is InChI=1S/C14H13ClFNO3S/c15-11-6-2-4-8-14(11)21(19,20)17-9-13(18)10-5-1-3-7-12(10)16/h1-8,13,17-18H,9H2. The molecule has 0 aliphatic carbocycles. The molecule has 0 aliphatic rings. The van der Waals surface area contributed by atoms with Crippen LogP contribution in [-0.2, 0) is 10.0 Å². The van der Waals surface area contributed by atoms with Crippen LogP contribution in [0.5, 0.6) is 0 Å². The number of halogens is 2. The molecule has 0 radical (unpaired) electrons. The quantitative estimate of drug-likeness (QED) is 0.885. The second kappa shape index (κ2) is 6.53. The van der Waals surface area contributed by atoms with Crippen molar-refractivity contribution in [3.05, 3.63) is 64.9 Å². The number of hydrogen-bond donors (Lipinski definition) is 2. The Balaban J connectivity index is 2.13. The molecule has 0 bridgehead atoms. The lowest BCUT2D eigenvalue weighted by Crippen LogP contribution is -2.29. The monoisotopic (exact) mass is 329 g/mol. The maximum absolute atomic E-state index is 13.5. The first kappa shape index (κ1) is 15.9. The van der Waals surface area contributed by atoms with Crippen molar-refractivity contribution in [3.8, 4) is 0 Å². The van der Waals surface area contributed by atoms with E-state index in [-0.39, 0.29) is 22.0 Å². The van der Waals surface area contributed by atoms with Gasteiger partial charge in [0, 0.05) is 12.1 Å². The summed E-state index contributed by atoms with van der Waals surface area (Å²) in [6.45, 7) is -0.353. The van der Waals surface area contributed by atoms with E-state index in [0.29, 0.717) is 0 Å². The summed E-state index contributed by atoms with van der Waals surface area (Å²) in [7, 11) is -3.87. The number of sulfonamides is 1. The second-order valence-corrected chi connectivity index (χ2v) is 6.46. The summed E-state index contributed by atoms with van der Waals surface area (Å²) in [6.07, 6.45) is -1.29. The maximum atomic E-state index is 13.5. The topological polar surface area (TPSA) is 66.4 Å². The van der Waals surface area contributed by atoms with Crippen LogP contribution in [-0.4, -0.2) is 20.1 Å². The van der Waals surface area contributed by atoms with Gasteiger partial charge in [-0.25, -0.2) is 17.5 Å². The summed E-state index contributed by atoms with van der Waals surface area (Å²) in [5, 5.41) is 9.96. The van der Waals surface area contributed by atoms with Crippen molar-refractivity contribution in [1.82, 2.24) is 4.72 Å². The average molecular weight is 330 g/mol. The number of nitrogens with one attached hydrogen (secondary N) is 1. The van der Waals surface area contributed by atoms with Crippen LogP contribution in [0, 0.1) is 5.82 Å². The minimum absolute atomic E-state index is 0.0272. The Morgan fingerprint density at radius 3 is 2.43 bits per heavy atom. The van der Waals surface area contributed by atoms with Crippen molar-refractivity contribution in [2.24, 2.45) is 0 Å². The van der Waals surface area contributed by atoms with Gasteiger partial charge >= 0.3 is 0 Å². The van der Waals surface area contributed by atoms with Gasteiger partial charge < -0.3 is 5.11 Å². The number of aliphatic hydroxyl groups excluding tert-OH is 1. The zero-order valence-corrected chi connectivity index (χ0v) is 12.4. The van der Waals surface area contributed by atoms with Gasteiger partial charge in [-0.3, -0.25) is 0 Å². The van der Waals surface area contributed by atoms with Gasteiger partial charge in [0.2, 0.25) is 10.0 Å². The van der Waals surface area contributed by atoms with Crippen LogP contribution in [0.3, 0.4) is 0 Å². The molecule has 1 atom stereocenters. The molecule has 2 rings (SSSR count). The predicted molar refractivity (Wildman–Crippen MR) is 78.0 cm³/mol. The summed E-state index contributed by atoms with van der Waals surface area (Å²) in [5.41, 5.74) is 0.0272. The Hall–Kier alpha value is -1.47. The van der Waals surface area contributed by atoms with E-state index in [4.69, 9.17) is 11.6 Å². The highest BCUT2D eigenvalue weighted by Crippen LogP contribution is 2.21. The molecule has 0 fully saturated rings. The summed E-state index contributed by atoms with van der Waals surface area (Å²) < 4.78 is 39.8. The van der Waals surface area contributed by atoms with Crippen molar-refractivity contribution in [3.63, 3.8) is 0 Å². The Morgan fingerprint density at radius 2 is 1.76 bits per heavy atom.